The third-order valence-corrected chi connectivity index (χ3v) is 3.15. The molecular formula is C16H9FN2O2. The van der Waals surface area contributed by atoms with E-state index in [9.17, 15) is 9.18 Å². The lowest BCUT2D eigenvalue weighted by molar-refractivity contribution is 0.101. The van der Waals surface area contributed by atoms with Crippen molar-refractivity contribution in [2.24, 2.45) is 0 Å². The van der Waals surface area contributed by atoms with Gasteiger partial charge in [0.25, 0.3) is 0 Å². The maximum absolute atomic E-state index is 13.8. The summed E-state index contributed by atoms with van der Waals surface area (Å²) < 4.78 is 19.4. The van der Waals surface area contributed by atoms with Crippen molar-refractivity contribution in [1.29, 1.82) is 0 Å². The van der Waals surface area contributed by atoms with Gasteiger partial charge < -0.3 is 4.42 Å². The van der Waals surface area contributed by atoms with E-state index in [1.807, 2.05) is 0 Å². The standard InChI is InChI=1S/C16H9FN2O2/c1-9(20)16-12(7-19-8-13(16)17)15-6-10-5-11(18-2)3-4-14(10)21-15/h3-8H,1H3. The van der Waals surface area contributed by atoms with Crippen molar-refractivity contribution < 1.29 is 13.6 Å². The normalized spacial score (nSPS) is 10.5. The Kier molecular flexibility index (Phi) is 2.99. The van der Waals surface area contributed by atoms with Crippen LogP contribution < -0.4 is 0 Å². The Labute approximate surface area is 119 Å². The number of rotatable bonds is 2. The van der Waals surface area contributed by atoms with Crippen LogP contribution in [0.25, 0.3) is 27.1 Å². The lowest BCUT2D eigenvalue weighted by Gasteiger charge is -2.04. The molecule has 0 unspecified atom stereocenters. The van der Waals surface area contributed by atoms with Crippen molar-refractivity contribution in [2.75, 3.05) is 0 Å². The Morgan fingerprint density at radius 1 is 1.33 bits per heavy atom. The third-order valence-electron chi connectivity index (χ3n) is 3.15. The minimum atomic E-state index is -0.678. The van der Waals surface area contributed by atoms with E-state index in [4.69, 9.17) is 11.0 Å². The summed E-state index contributed by atoms with van der Waals surface area (Å²) in [6, 6.07) is 6.66. The van der Waals surface area contributed by atoms with Gasteiger partial charge in [-0.25, -0.2) is 9.24 Å². The lowest BCUT2D eigenvalue weighted by Crippen LogP contribution is -2.01. The molecule has 0 fully saturated rings. The molecule has 0 saturated heterocycles. The van der Waals surface area contributed by atoms with E-state index in [-0.39, 0.29) is 5.56 Å². The first kappa shape index (κ1) is 13.0. The number of halogens is 1. The molecule has 0 aliphatic carbocycles. The van der Waals surface area contributed by atoms with Gasteiger partial charge in [0.05, 0.1) is 18.3 Å². The topological polar surface area (TPSA) is 47.5 Å². The Hall–Kier alpha value is -3.00. The molecule has 0 amide bonds. The molecule has 0 aliphatic rings. The Balaban J connectivity index is 2.24. The number of ketones is 1. The van der Waals surface area contributed by atoms with Gasteiger partial charge in [-0.05, 0) is 25.1 Å². The van der Waals surface area contributed by atoms with Crippen molar-refractivity contribution in [3.63, 3.8) is 0 Å². The largest absolute Gasteiger partial charge is 0.456 e. The SMILES string of the molecule is [C-]#[N+]c1ccc2oc(-c3cncc(F)c3C(C)=O)cc2c1. The minimum Gasteiger partial charge on any atom is -0.456 e. The van der Waals surface area contributed by atoms with Crippen LogP contribution in [0.1, 0.15) is 17.3 Å². The average molecular weight is 280 g/mol. The first-order chi connectivity index (χ1) is 10.1. The Morgan fingerprint density at radius 2 is 2.14 bits per heavy atom. The van der Waals surface area contributed by atoms with E-state index < -0.39 is 11.6 Å². The summed E-state index contributed by atoms with van der Waals surface area (Å²) in [7, 11) is 0. The van der Waals surface area contributed by atoms with E-state index in [0.29, 0.717) is 22.6 Å². The van der Waals surface area contributed by atoms with Gasteiger partial charge >= 0.3 is 0 Å². The van der Waals surface area contributed by atoms with Gasteiger partial charge in [-0.3, -0.25) is 9.78 Å². The zero-order chi connectivity index (χ0) is 15.0. The number of benzene rings is 1. The summed E-state index contributed by atoms with van der Waals surface area (Å²) in [5.41, 5.74) is 1.31. The molecule has 0 atom stereocenters. The molecule has 3 rings (SSSR count). The average Bonchev–Trinajstić information content (AvgIpc) is 2.89. The predicted molar refractivity (Wildman–Crippen MR) is 75.7 cm³/mol. The smallest absolute Gasteiger partial charge is 0.188 e. The number of nitrogens with zero attached hydrogens (tertiary/aromatic N) is 2. The van der Waals surface area contributed by atoms with Crippen LogP contribution in [0.15, 0.2) is 41.1 Å². The first-order valence-corrected chi connectivity index (χ1v) is 6.16. The molecule has 0 bridgehead atoms. The first-order valence-electron chi connectivity index (χ1n) is 6.16. The van der Waals surface area contributed by atoms with Gasteiger partial charge in [0.1, 0.15) is 11.3 Å². The van der Waals surface area contributed by atoms with Crippen LogP contribution in [-0.4, -0.2) is 10.8 Å². The van der Waals surface area contributed by atoms with Crippen LogP contribution in [0, 0.1) is 12.4 Å². The second kappa shape index (κ2) is 4.84. The number of furan rings is 1. The molecular weight excluding hydrogens is 271 g/mol. The number of hydrogen-bond acceptors (Lipinski definition) is 3. The highest BCUT2D eigenvalue weighted by Crippen LogP contribution is 2.32. The number of aromatic nitrogens is 1. The fraction of sp³-hybridized carbons (Fsp3) is 0.0625. The van der Waals surface area contributed by atoms with Gasteiger partial charge in [0.2, 0.25) is 0 Å². The van der Waals surface area contributed by atoms with Crippen molar-refractivity contribution in [1.82, 2.24) is 4.98 Å². The van der Waals surface area contributed by atoms with Gasteiger partial charge in [-0.15, -0.1) is 0 Å². The summed E-state index contributed by atoms with van der Waals surface area (Å²) >= 11 is 0. The third kappa shape index (κ3) is 2.17. The molecule has 0 saturated carbocycles. The van der Waals surface area contributed by atoms with Gasteiger partial charge in [-0.1, -0.05) is 6.07 Å². The van der Waals surface area contributed by atoms with Crippen molar-refractivity contribution >= 4 is 22.4 Å². The zero-order valence-corrected chi connectivity index (χ0v) is 11.1. The fourth-order valence-electron chi connectivity index (χ4n) is 2.21. The van der Waals surface area contributed by atoms with E-state index in [1.54, 1.807) is 24.3 Å². The van der Waals surface area contributed by atoms with Crippen LogP contribution in [0.5, 0.6) is 0 Å². The van der Waals surface area contributed by atoms with Gasteiger partial charge in [0, 0.05) is 17.1 Å². The molecule has 2 aromatic heterocycles. The summed E-state index contributed by atoms with van der Waals surface area (Å²) in [5.74, 6) is -0.723. The number of hydrogen-bond donors (Lipinski definition) is 0. The van der Waals surface area contributed by atoms with E-state index in [1.165, 1.54) is 13.1 Å². The monoisotopic (exact) mass is 280 g/mol. The summed E-state index contributed by atoms with van der Waals surface area (Å²) in [6.45, 7) is 8.29. The highest BCUT2D eigenvalue weighted by molar-refractivity contribution is 6.01. The molecule has 0 radical (unpaired) electrons. The maximum Gasteiger partial charge on any atom is 0.188 e. The van der Waals surface area contributed by atoms with E-state index in [2.05, 4.69) is 9.83 Å². The van der Waals surface area contributed by atoms with Gasteiger partial charge in [-0.2, -0.15) is 0 Å². The molecule has 102 valence electrons. The molecule has 3 aromatic rings. The fourth-order valence-corrected chi connectivity index (χ4v) is 2.21. The van der Waals surface area contributed by atoms with Gasteiger partial charge in [0.15, 0.2) is 17.3 Å². The number of carbonyl (C=O) groups is 1. The number of pyridine rings is 1. The number of fused-ring (bicyclic) bond motifs is 1. The summed E-state index contributed by atoms with van der Waals surface area (Å²) in [5, 5.41) is 0.720. The van der Waals surface area contributed by atoms with Crippen molar-refractivity contribution in [3.05, 3.63) is 59.5 Å². The van der Waals surface area contributed by atoms with Crippen LogP contribution in [0.4, 0.5) is 10.1 Å². The molecule has 0 spiro atoms. The Morgan fingerprint density at radius 3 is 2.86 bits per heavy atom. The molecule has 1 aromatic carbocycles. The second-order valence-corrected chi connectivity index (χ2v) is 4.54. The number of carbonyl (C=O) groups excluding carboxylic acids is 1. The predicted octanol–water partition coefficient (Wildman–Crippen LogP) is 4.39. The summed E-state index contributed by atoms with van der Waals surface area (Å²) in [4.78, 5) is 18.7. The molecule has 5 heteroatoms. The number of Topliss-reactive ketones (excluding diaryl/α,β-unsaturated/α-hetero) is 1. The molecule has 21 heavy (non-hydrogen) atoms. The Bertz CT molecular complexity index is 906. The van der Waals surface area contributed by atoms with Crippen LogP contribution in [0.3, 0.4) is 0 Å². The lowest BCUT2D eigenvalue weighted by atomic mass is 10.0. The highest BCUT2D eigenvalue weighted by atomic mass is 19.1. The van der Waals surface area contributed by atoms with E-state index >= 15 is 0 Å². The van der Waals surface area contributed by atoms with Crippen LogP contribution in [0.2, 0.25) is 0 Å². The molecule has 2 heterocycles. The zero-order valence-electron chi connectivity index (χ0n) is 11.1. The van der Waals surface area contributed by atoms with E-state index in [0.717, 1.165) is 11.6 Å². The quantitative estimate of drug-likeness (QED) is 0.516. The molecule has 0 aliphatic heterocycles. The van der Waals surface area contributed by atoms with Crippen LogP contribution in [-0.2, 0) is 0 Å². The van der Waals surface area contributed by atoms with Crippen LogP contribution >= 0.6 is 0 Å². The maximum atomic E-state index is 13.8. The second-order valence-electron chi connectivity index (χ2n) is 4.54. The minimum absolute atomic E-state index is 0.0468. The highest BCUT2D eigenvalue weighted by Gasteiger charge is 2.18. The summed E-state index contributed by atoms with van der Waals surface area (Å²) in [6.07, 6.45) is 2.40. The molecule has 0 N–H and O–H groups in total. The van der Waals surface area contributed by atoms with Crippen molar-refractivity contribution in [3.8, 4) is 11.3 Å². The molecule has 4 nitrogen and oxygen atoms in total. The van der Waals surface area contributed by atoms with Crippen molar-refractivity contribution in [2.45, 2.75) is 6.92 Å².